The minimum Gasteiger partial charge on any atom is -0.370 e. The summed E-state index contributed by atoms with van der Waals surface area (Å²) in [6.07, 6.45) is 1.91. The molecule has 30 heavy (non-hydrogen) atoms. The van der Waals surface area contributed by atoms with E-state index in [0.717, 1.165) is 42.1 Å². The van der Waals surface area contributed by atoms with Gasteiger partial charge in [0, 0.05) is 18.7 Å². The smallest absolute Gasteiger partial charge is 0.251 e. The Balaban J connectivity index is 1.58. The SMILES string of the molecule is NC(=O)c1cccc2c(-c3nc4c(c(NCc5ccccc5)n3)CCCN4)onc12. The fourth-order valence-corrected chi connectivity index (χ4v) is 3.69. The summed E-state index contributed by atoms with van der Waals surface area (Å²) in [7, 11) is 0. The molecule has 0 spiro atoms. The van der Waals surface area contributed by atoms with E-state index in [4.69, 9.17) is 15.2 Å². The lowest BCUT2D eigenvalue weighted by molar-refractivity contribution is 0.100. The molecule has 1 amide bonds. The summed E-state index contributed by atoms with van der Waals surface area (Å²) in [5.41, 5.74) is 8.40. The molecule has 2 aromatic heterocycles. The van der Waals surface area contributed by atoms with Gasteiger partial charge in [-0.3, -0.25) is 4.79 Å². The Labute approximate surface area is 172 Å². The highest BCUT2D eigenvalue weighted by Crippen LogP contribution is 2.33. The van der Waals surface area contributed by atoms with Crippen molar-refractivity contribution in [3.05, 3.63) is 65.2 Å². The van der Waals surface area contributed by atoms with E-state index in [-0.39, 0.29) is 0 Å². The zero-order valence-electron chi connectivity index (χ0n) is 16.2. The first-order valence-electron chi connectivity index (χ1n) is 9.82. The molecule has 8 nitrogen and oxygen atoms in total. The molecule has 8 heteroatoms. The standard InChI is InChI=1S/C22H20N6O2/c23-19(29)15-9-4-8-14-17(15)28-30-18(14)22-26-20-16(10-5-11-24-20)21(27-22)25-12-13-6-2-1-3-7-13/h1-4,6-9H,5,10-12H2,(H2,23,29)(H2,24,25,26,27). The summed E-state index contributed by atoms with van der Waals surface area (Å²) in [5.74, 6) is 1.81. The van der Waals surface area contributed by atoms with Gasteiger partial charge in [0.05, 0.1) is 10.9 Å². The molecule has 0 unspecified atom stereocenters. The summed E-state index contributed by atoms with van der Waals surface area (Å²) in [6, 6.07) is 15.3. The van der Waals surface area contributed by atoms with Crippen molar-refractivity contribution < 1.29 is 9.32 Å². The molecule has 0 radical (unpaired) electrons. The van der Waals surface area contributed by atoms with Gasteiger partial charge in [0.1, 0.15) is 17.2 Å². The van der Waals surface area contributed by atoms with E-state index in [1.165, 1.54) is 0 Å². The Bertz CT molecular complexity index is 1240. The van der Waals surface area contributed by atoms with Crippen LogP contribution in [0, 0.1) is 0 Å². The van der Waals surface area contributed by atoms with Crippen molar-refractivity contribution in [3.8, 4) is 11.6 Å². The van der Waals surface area contributed by atoms with Crippen molar-refractivity contribution in [2.45, 2.75) is 19.4 Å². The number of carbonyl (C=O) groups is 1. The molecule has 0 saturated heterocycles. The van der Waals surface area contributed by atoms with Gasteiger partial charge in [-0.15, -0.1) is 0 Å². The van der Waals surface area contributed by atoms with E-state index in [1.807, 2.05) is 24.3 Å². The van der Waals surface area contributed by atoms with Gasteiger partial charge >= 0.3 is 0 Å². The summed E-state index contributed by atoms with van der Waals surface area (Å²) in [6.45, 7) is 1.50. The maximum Gasteiger partial charge on any atom is 0.251 e. The largest absolute Gasteiger partial charge is 0.370 e. The first-order valence-corrected chi connectivity index (χ1v) is 9.82. The Morgan fingerprint density at radius 1 is 1.13 bits per heavy atom. The number of aromatic nitrogens is 3. The fourth-order valence-electron chi connectivity index (χ4n) is 3.69. The molecule has 0 bridgehead atoms. The molecule has 1 aliphatic rings. The minimum atomic E-state index is -0.557. The fraction of sp³-hybridized carbons (Fsp3) is 0.182. The maximum atomic E-state index is 11.7. The van der Waals surface area contributed by atoms with Crippen LogP contribution >= 0.6 is 0 Å². The van der Waals surface area contributed by atoms with Gasteiger partial charge in [0.25, 0.3) is 5.91 Å². The number of hydrogen-bond donors (Lipinski definition) is 3. The van der Waals surface area contributed by atoms with Crippen LogP contribution in [0.4, 0.5) is 11.6 Å². The lowest BCUT2D eigenvalue weighted by Gasteiger charge is -2.20. The third-order valence-corrected chi connectivity index (χ3v) is 5.18. The number of fused-ring (bicyclic) bond motifs is 2. The number of nitrogens with two attached hydrogens (primary N) is 1. The second-order valence-electron chi connectivity index (χ2n) is 7.17. The number of anilines is 2. The first-order chi connectivity index (χ1) is 14.7. The molecule has 0 fully saturated rings. The van der Waals surface area contributed by atoms with Crippen LogP contribution in [0.3, 0.4) is 0 Å². The van der Waals surface area contributed by atoms with Crippen molar-refractivity contribution in [3.63, 3.8) is 0 Å². The minimum absolute atomic E-state index is 0.306. The molecular formula is C22H20N6O2. The molecule has 5 rings (SSSR count). The maximum absolute atomic E-state index is 11.7. The number of carbonyl (C=O) groups excluding carboxylic acids is 1. The molecular weight excluding hydrogens is 380 g/mol. The Morgan fingerprint density at radius 2 is 2.00 bits per heavy atom. The number of primary amides is 1. The van der Waals surface area contributed by atoms with Crippen molar-refractivity contribution in [2.75, 3.05) is 17.2 Å². The quantitative estimate of drug-likeness (QED) is 0.470. The lowest BCUT2D eigenvalue weighted by atomic mass is 10.1. The Kier molecular flexibility index (Phi) is 4.51. The third-order valence-electron chi connectivity index (χ3n) is 5.18. The first kappa shape index (κ1) is 18.1. The highest BCUT2D eigenvalue weighted by atomic mass is 16.5. The molecule has 0 saturated carbocycles. The second-order valence-corrected chi connectivity index (χ2v) is 7.17. The summed E-state index contributed by atoms with van der Waals surface area (Å²) < 4.78 is 5.56. The van der Waals surface area contributed by atoms with Gasteiger partial charge in [-0.2, -0.15) is 0 Å². The molecule has 150 valence electrons. The van der Waals surface area contributed by atoms with E-state index in [0.29, 0.717) is 34.6 Å². The number of nitrogens with one attached hydrogen (secondary N) is 2. The van der Waals surface area contributed by atoms with Crippen LogP contribution in [0.1, 0.15) is 27.9 Å². The van der Waals surface area contributed by atoms with E-state index in [2.05, 4.69) is 32.9 Å². The zero-order valence-corrected chi connectivity index (χ0v) is 16.2. The van der Waals surface area contributed by atoms with Crippen LogP contribution in [-0.4, -0.2) is 27.6 Å². The van der Waals surface area contributed by atoms with Crippen LogP contribution in [-0.2, 0) is 13.0 Å². The van der Waals surface area contributed by atoms with E-state index in [1.54, 1.807) is 12.1 Å². The molecule has 4 aromatic rings. The monoisotopic (exact) mass is 400 g/mol. The van der Waals surface area contributed by atoms with Crippen LogP contribution in [0.2, 0.25) is 0 Å². The topological polar surface area (TPSA) is 119 Å². The zero-order chi connectivity index (χ0) is 20.5. The predicted octanol–water partition coefficient (Wildman–Crippen LogP) is 3.35. The van der Waals surface area contributed by atoms with Crippen molar-refractivity contribution in [1.29, 1.82) is 0 Å². The highest BCUT2D eigenvalue weighted by molar-refractivity contribution is 6.07. The average molecular weight is 400 g/mol. The highest BCUT2D eigenvalue weighted by Gasteiger charge is 2.23. The Morgan fingerprint density at radius 3 is 2.83 bits per heavy atom. The van der Waals surface area contributed by atoms with Crippen molar-refractivity contribution in [2.24, 2.45) is 5.73 Å². The number of rotatable bonds is 5. The van der Waals surface area contributed by atoms with Crippen molar-refractivity contribution >= 4 is 28.4 Å². The molecule has 1 aliphatic heterocycles. The average Bonchev–Trinajstić information content (AvgIpc) is 3.22. The van der Waals surface area contributed by atoms with Gasteiger partial charge in [0.15, 0.2) is 0 Å². The molecule has 3 heterocycles. The normalized spacial score (nSPS) is 12.9. The number of benzene rings is 2. The summed E-state index contributed by atoms with van der Waals surface area (Å²) >= 11 is 0. The summed E-state index contributed by atoms with van der Waals surface area (Å²) in [4.78, 5) is 21.2. The van der Waals surface area contributed by atoms with Crippen molar-refractivity contribution in [1.82, 2.24) is 15.1 Å². The molecule has 0 atom stereocenters. The second kappa shape index (κ2) is 7.47. The van der Waals surface area contributed by atoms with E-state index in [9.17, 15) is 4.79 Å². The van der Waals surface area contributed by atoms with Gasteiger partial charge in [0.2, 0.25) is 11.6 Å². The van der Waals surface area contributed by atoms with Crippen LogP contribution in [0.15, 0.2) is 53.1 Å². The third kappa shape index (κ3) is 3.22. The molecule has 4 N–H and O–H groups in total. The van der Waals surface area contributed by atoms with Gasteiger partial charge in [-0.1, -0.05) is 41.6 Å². The van der Waals surface area contributed by atoms with Crippen LogP contribution in [0.5, 0.6) is 0 Å². The van der Waals surface area contributed by atoms with E-state index < -0.39 is 5.91 Å². The molecule has 2 aromatic carbocycles. The summed E-state index contributed by atoms with van der Waals surface area (Å²) in [5, 5.41) is 11.5. The van der Waals surface area contributed by atoms with Crippen LogP contribution < -0.4 is 16.4 Å². The Hall–Kier alpha value is -3.94. The predicted molar refractivity (Wildman–Crippen MR) is 114 cm³/mol. The van der Waals surface area contributed by atoms with E-state index >= 15 is 0 Å². The number of amides is 1. The lowest BCUT2D eigenvalue weighted by Crippen LogP contribution is -2.17. The molecule has 0 aliphatic carbocycles. The number of hydrogen-bond acceptors (Lipinski definition) is 7. The van der Waals surface area contributed by atoms with Gasteiger partial charge in [-0.05, 0) is 30.5 Å². The van der Waals surface area contributed by atoms with Crippen LogP contribution in [0.25, 0.3) is 22.5 Å². The van der Waals surface area contributed by atoms with Gasteiger partial charge < -0.3 is 20.9 Å². The van der Waals surface area contributed by atoms with Gasteiger partial charge in [-0.25, -0.2) is 9.97 Å². The number of nitrogens with zero attached hydrogens (tertiary/aromatic N) is 3.